The number of aromatic nitrogens is 2. The van der Waals surface area contributed by atoms with E-state index in [0.29, 0.717) is 17.9 Å². The van der Waals surface area contributed by atoms with Crippen LogP contribution in [0.1, 0.15) is 6.42 Å². The van der Waals surface area contributed by atoms with E-state index in [2.05, 4.69) is 20.8 Å². The first-order valence-electron chi connectivity index (χ1n) is 6.57. The topological polar surface area (TPSA) is 107 Å². The molecule has 21 heavy (non-hydrogen) atoms. The van der Waals surface area contributed by atoms with Crippen molar-refractivity contribution in [2.24, 2.45) is 5.92 Å². The lowest BCUT2D eigenvalue weighted by atomic mass is 10.1. The zero-order valence-corrected chi connectivity index (χ0v) is 11.1. The highest BCUT2D eigenvalue weighted by atomic mass is 16.2. The molecule has 3 rings (SSSR count). The number of nitrogens with one attached hydrogen (secondary N) is 4. The smallest absolute Gasteiger partial charge is 0.264 e. The van der Waals surface area contributed by atoms with E-state index in [-0.39, 0.29) is 29.7 Å². The molecule has 2 amide bonds. The largest absolute Gasteiger partial charge is 0.355 e. The van der Waals surface area contributed by atoms with Gasteiger partial charge in [0.05, 0.1) is 11.6 Å². The zero-order valence-electron chi connectivity index (χ0n) is 11.1. The number of benzene rings is 1. The van der Waals surface area contributed by atoms with E-state index in [1.807, 2.05) is 0 Å². The van der Waals surface area contributed by atoms with Gasteiger partial charge in [-0.2, -0.15) is 0 Å². The highest BCUT2D eigenvalue weighted by Crippen LogP contribution is 2.19. The summed E-state index contributed by atoms with van der Waals surface area (Å²) in [5, 5.41) is 10.6. The fourth-order valence-electron chi connectivity index (χ4n) is 2.26. The lowest BCUT2D eigenvalue weighted by Crippen LogP contribution is -2.24. The average Bonchev–Trinajstić information content (AvgIpc) is 3.08. The third-order valence-electron chi connectivity index (χ3n) is 3.41. The number of hydrogen-bond donors (Lipinski definition) is 4. The number of amides is 2. The van der Waals surface area contributed by atoms with Gasteiger partial charge in [-0.05, 0) is 17.7 Å². The summed E-state index contributed by atoms with van der Waals surface area (Å²) in [6, 6.07) is 8.56. The number of carbonyl (C=O) groups excluding carboxylic acids is 2. The number of H-pyrrole nitrogens is 2. The summed E-state index contributed by atoms with van der Waals surface area (Å²) in [6.45, 7) is 0.382. The van der Waals surface area contributed by atoms with Crippen LogP contribution in [-0.2, 0) is 9.59 Å². The number of aromatic amines is 2. The maximum atomic E-state index is 12.0. The molecular weight excluding hydrogens is 272 g/mol. The Morgan fingerprint density at radius 2 is 1.90 bits per heavy atom. The van der Waals surface area contributed by atoms with Crippen LogP contribution in [0.15, 0.2) is 35.1 Å². The number of hydrogen-bond acceptors (Lipinski definition) is 3. The Morgan fingerprint density at radius 1 is 1.14 bits per heavy atom. The fraction of sp³-hybridized carbons (Fsp3) is 0.214. The van der Waals surface area contributed by atoms with Crippen molar-refractivity contribution in [3.05, 3.63) is 40.7 Å². The molecule has 0 spiro atoms. The molecule has 7 heteroatoms. The van der Waals surface area contributed by atoms with Crippen LogP contribution in [0.2, 0.25) is 0 Å². The molecule has 7 nitrogen and oxygen atoms in total. The van der Waals surface area contributed by atoms with Gasteiger partial charge in [0.1, 0.15) is 0 Å². The van der Waals surface area contributed by atoms with E-state index in [1.54, 1.807) is 24.3 Å². The van der Waals surface area contributed by atoms with E-state index >= 15 is 0 Å². The molecule has 1 aromatic carbocycles. The normalized spacial score (nSPS) is 17.5. The summed E-state index contributed by atoms with van der Waals surface area (Å²) >= 11 is 0. The number of rotatable bonds is 3. The Kier molecular flexibility index (Phi) is 3.31. The molecule has 2 aromatic rings. The minimum absolute atomic E-state index is 0.0955. The van der Waals surface area contributed by atoms with Crippen LogP contribution < -0.4 is 16.2 Å². The van der Waals surface area contributed by atoms with E-state index in [0.717, 1.165) is 5.56 Å². The predicted octanol–water partition coefficient (Wildman–Crippen LogP) is 0.445. The van der Waals surface area contributed by atoms with Crippen molar-refractivity contribution in [2.45, 2.75) is 6.42 Å². The van der Waals surface area contributed by atoms with Gasteiger partial charge in [0.15, 0.2) is 0 Å². The third kappa shape index (κ3) is 2.86. The second kappa shape index (κ2) is 5.28. The van der Waals surface area contributed by atoms with Gasteiger partial charge in [-0.1, -0.05) is 12.1 Å². The van der Waals surface area contributed by atoms with Crippen molar-refractivity contribution in [2.75, 3.05) is 11.9 Å². The van der Waals surface area contributed by atoms with Gasteiger partial charge in [-0.25, -0.2) is 0 Å². The van der Waals surface area contributed by atoms with Crippen molar-refractivity contribution >= 4 is 17.5 Å². The molecule has 0 saturated carbocycles. The summed E-state index contributed by atoms with van der Waals surface area (Å²) in [7, 11) is 0. The van der Waals surface area contributed by atoms with E-state index in [9.17, 15) is 14.4 Å². The quantitative estimate of drug-likeness (QED) is 0.657. The van der Waals surface area contributed by atoms with Gasteiger partial charge in [0, 0.05) is 24.7 Å². The predicted molar refractivity (Wildman–Crippen MR) is 76.6 cm³/mol. The van der Waals surface area contributed by atoms with E-state index in [4.69, 9.17) is 0 Å². The van der Waals surface area contributed by atoms with Crippen LogP contribution >= 0.6 is 0 Å². The van der Waals surface area contributed by atoms with Gasteiger partial charge in [-0.15, -0.1) is 0 Å². The highest BCUT2D eigenvalue weighted by Gasteiger charge is 2.27. The van der Waals surface area contributed by atoms with Gasteiger partial charge in [0.2, 0.25) is 11.8 Å². The Bertz CT molecular complexity index is 729. The second-order valence-electron chi connectivity index (χ2n) is 4.94. The maximum Gasteiger partial charge on any atom is 0.264 e. The lowest BCUT2D eigenvalue weighted by molar-refractivity contribution is -0.123. The molecule has 1 atom stereocenters. The fourth-order valence-corrected chi connectivity index (χ4v) is 2.26. The monoisotopic (exact) mass is 286 g/mol. The second-order valence-corrected chi connectivity index (χ2v) is 4.94. The van der Waals surface area contributed by atoms with Crippen molar-refractivity contribution in [1.82, 2.24) is 15.5 Å². The highest BCUT2D eigenvalue weighted by molar-refractivity contribution is 5.97. The van der Waals surface area contributed by atoms with Crippen LogP contribution in [0.5, 0.6) is 0 Å². The lowest BCUT2D eigenvalue weighted by Gasteiger charge is -2.09. The van der Waals surface area contributed by atoms with Gasteiger partial charge < -0.3 is 10.6 Å². The molecule has 0 aliphatic carbocycles. The third-order valence-corrected chi connectivity index (χ3v) is 3.41. The molecule has 108 valence electrons. The standard InChI is InChI=1S/C14H14N4O3/c19-12-5-9(7-15-12)14(21)16-10-3-1-8(2-4-10)11-6-13(20)18-17-11/h1-4,6,9H,5,7H2,(H,15,19)(H,16,21)(H2,17,18,20). The SMILES string of the molecule is O=C1CC(C(=O)Nc2ccc(-c3cc(=O)[nH][nH]3)cc2)CN1. The molecule has 2 heterocycles. The molecule has 0 radical (unpaired) electrons. The van der Waals surface area contributed by atoms with Crippen LogP contribution in [0.4, 0.5) is 5.69 Å². The van der Waals surface area contributed by atoms with Crippen LogP contribution in [0, 0.1) is 5.92 Å². The van der Waals surface area contributed by atoms with Crippen LogP contribution in [0.25, 0.3) is 11.3 Å². The minimum atomic E-state index is -0.321. The minimum Gasteiger partial charge on any atom is -0.355 e. The summed E-state index contributed by atoms with van der Waals surface area (Å²) < 4.78 is 0. The molecule has 1 aliphatic heterocycles. The maximum absolute atomic E-state index is 12.0. The van der Waals surface area contributed by atoms with Crippen LogP contribution in [-0.4, -0.2) is 28.6 Å². The molecule has 1 unspecified atom stereocenters. The molecule has 0 bridgehead atoms. The molecule has 1 aliphatic rings. The van der Waals surface area contributed by atoms with Gasteiger partial charge >= 0.3 is 0 Å². The van der Waals surface area contributed by atoms with E-state index in [1.165, 1.54) is 6.07 Å². The Balaban J connectivity index is 1.68. The van der Waals surface area contributed by atoms with Crippen molar-refractivity contribution in [3.8, 4) is 11.3 Å². The Hall–Kier alpha value is -2.83. The average molecular weight is 286 g/mol. The Morgan fingerprint density at radius 3 is 2.48 bits per heavy atom. The van der Waals surface area contributed by atoms with Crippen molar-refractivity contribution < 1.29 is 9.59 Å². The van der Waals surface area contributed by atoms with Crippen molar-refractivity contribution in [3.63, 3.8) is 0 Å². The molecule has 1 saturated heterocycles. The Labute approximate surface area is 119 Å². The molecule has 1 fully saturated rings. The molecule has 1 aromatic heterocycles. The van der Waals surface area contributed by atoms with Crippen LogP contribution in [0.3, 0.4) is 0 Å². The zero-order chi connectivity index (χ0) is 14.8. The summed E-state index contributed by atoms with van der Waals surface area (Å²) in [4.78, 5) is 34.1. The molecular formula is C14H14N4O3. The van der Waals surface area contributed by atoms with Gasteiger partial charge in [0.25, 0.3) is 5.56 Å². The summed E-state index contributed by atoms with van der Waals surface area (Å²) in [5.41, 5.74) is 1.98. The first kappa shape index (κ1) is 13.2. The number of carbonyl (C=O) groups is 2. The van der Waals surface area contributed by atoms with E-state index < -0.39 is 0 Å². The number of anilines is 1. The molecule has 4 N–H and O–H groups in total. The summed E-state index contributed by atoms with van der Waals surface area (Å²) in [6.07, 6.45) is 0.231. The summed E-state index contributed by atoms with van der Waals surface area (Å²) in [5.74, 6) is -0.587. The van der Waals surface area contributed by atoms with Crippen molar-refractivity contribution in [1.29, 1.82) is 0 Å². The van der Waals surface area contributed by atoms with Gasteiger partial charge in [-0.3, -0.25) is 24.6 Å². The first-order valence-corrected chi connectivity index (χ1v) is 6.57. The first-order chi connectivity index (χ1) is 10.1.